The van der Waals surface area contributed by atoms with Crippen LogP contribution in [0.2, 0.25) is 0 Å². The van der Waals surface area contributed by atoms with Crippen LogP contribution in [0.25, 0.3) is 0 Å². The molecule has 20 heavy (non-hydrogen) atoms. The van der Waals surface area contributed by atoms with Gasteiger partial charge in [0.2, 0.25) is 0 Å². The minimum absolute atomic E-state index is 0.408. The van der Waals surface area contributed by atoms with Crippen LogP contribution in [0.1, 0.15) is 18.1 Å². The monoisotopic (exact) mass is 351 g/mol. The molecule has 7 heteroatoms. The number of hydrogen-bond acceptors (Lipinski definition) is 3. The number of ketones is 1. The molecule has 0 radical (unpaired) electrons. The van der Waals surface area contributed by atoms with Crippen LogP contribution >= 0.6 is 15.9 Å². The number of alkyl halides is 3. The van der Waals surface area contributed by atoms with Gasteiger partial charge >= 0.3 is 6.18 Å². The number of carbonyl (C=O) groups excluding carboxylic acids is 1. The molecule has 0 aliphatic carbocycles. The van der Waals surface area contributed by atoms with E-state index in [0.717, 1.165) is 5.56 Å². The maximum Gasteiger partial charge on any atom is 0.413 e. The van der Waals surface area contributed by atoms with Crippen molar-refractivity contribution in [2.24, 2.45) is 5.73 Å². The van der Waals surface area contributed by atoms with Gasteiger partial charge in [-0.3, -0.25) is 4.79 Å². The van der Waals surface area contributed by atoms with E-state index in [-0.39, 0.29) is 0 Å². The second kappa shape index (κ2) is 5.04. The molecule has 0 saturated heterocycles. The Balaban J connectivity index is 2.30. The summed E-state index contributed by atoms with van der Waals surface area (Å²) in [6, 6.07) is 3.43. The van der Waals surface area contributed by atoms with Gasteiger partial charge in [0.15, 0.2) is 11.3 Å². The lowest BCUT2D eigenvalue weighted by molar-refractivity contribution is -0.185. The number of hydrogen-bond donors (Lipinski definition) is 1. The van der Waals surface area contributed by atoms with Gasteiger partial charge in [-0.15, -0.1) is 0 Å². The Bertz CT molecular complexity index is 555. The molecule has 1 aliphatic heterocycles. The van der Waals surface area contributed by atoms with Gasteiger partial charge in [0.05, 0.1) is 6.61 Å². The highest BCUT2D eigenvalue weighted by Crippen LogP contribution is 2.35. The largest absolute Gasteiger partial charge is 0.493 e. The number of benzene rings is 1. The highest BCUT2D eigenvalue weighted by atomic mass is 79.9. The van der Waals surface area contributed by atoms with E-state index in [0.29, 0.717) is 35.7 Å². The number of nitrogens with two attached hydrogens (primary N) is 1. The van der Waals surface area contributed by atoms with Crippen LogP contribution in [-0.4, -0.2) is 24.1 Å². The Morgan fingerprint density at radius 3 is 2.70 bits per heavy atom. The van der Waals surface area contributed by atoms with Crippen LogP contribution in [0.4, 0.5) is 13.2 Å². The second-order valence-electron chi connectivity index (χ2n) is 4.95. The molecule has 1 aliphatic rings. The summed E-state index contributed by atoms with van der Waals surface area (Å²) in [5.74, 6) is -0.583. The average Bonchev–Trinajstić information content (AvgIpc) is 2.75. The third kappa shape index (κ3) is 2.69. The first-order chi connectivity index (χ1) is 9.13. The van der Waals surface area contributed by atoms with Crippen molar-refractivity contribution >= 4 is 21.7 Å². The highest BCUT2D eigenvalue weighted by molar-refractivity contribution is 9.10. The maximum absolute atomic E-state index is 12.8. The summed E-state index contributed by atoms with van der Waals surface area (Å²) in [4.78, 5) is 11.9. The van der Waals surface area contributed by atoms with Gasteiger partial charge in [-0.2, -0.15) is 13.2 Å². The molecular weight excluding hydrogens is 339 g/mol. The molecule has 0 amide bonds. The fraction of sp³-hybridized carbons (Fsp3) is 0.462. The van der Waals surface area contributed by atoms with Crippen LogP contribution in [0.15, 0.2) is 16.6 Å². The predicted molar refractivity (Wildman–Crippen MR) is 70.7 cm³/mol. The smallest absolute Gasteiger partial charge is 0.413 e. The zero-order chi connectivity index (χ0) is 15.1. The van der Waals surface area contributed by atoms with Crippen molar-refractivity contribution in [3.8, 4) is 5.75 Å². The number of fused-ring (bicyclic) bond motifs is 1. The van der Waals surface area contributed by atoms with Crippen molar-refractivity contribution in [2.45, 2.75) is 31.5 Å². The third-order valence-electron chi connectivity index (χ3n) is 3.34. The Morgan fingerprint density at radius 1 is 1.45 bits per heavy atom. The van der Waals surface area contributed by atoms with E-state index in [1.165, 1.54) is 0 Å². The van der Waals surface area contributed by atoms with Crippen molar-refractivity contribution in [2.75, 3.05) is 6.61 Å². The zero-order valence-electron chi connectivity index (χ0n) is 10.7. The van der Waals surface area contributed by atoms with Crippen molar-refractivity contribution in [3.05, 3.63) is 27.7 Å². The summed E-state index contributed by atoms with van der Waals surface area (Å²) in [6.45, 7) is 1.15. The Hall–Kier alpha value is -1.08. The van der Waals surface area contributed by atoms with Crippen LogP contribution in [0.3, 0.4) is 0 Å². The normalized spacial score (nSPS) is 17.3. The van der Waals surface area contributed by atoms with E-state index in [1.807, 2.05) is 6.07 Å². The van der Waals surface area contributed by atoms with Gasteiger partial charge in [0.1, 0.15) is 5.75 Å². The minimum Gasteiger partial charge on any atom is -0.493 e. The van der Waals surface area contributed by atoms with Crippen molar-refractivity contribution in [3.63, 3.8) is 0 Å². The van der Waals surface area contributed by atoms with Crippen LogP contribution < -0.4 is 10.5 Å². The third-order valence-corrected chi connectivity index (χ3v) is 3.80. The van der Waals surface area contributed by atoms with Gasteiger partial charge in [0, 0.05) is 22.9 Å². The number of Topliss-reactive ketones (excluding diaryl/α,β-unsaturated/α-hetero) is 1. The lowest BCUT2D eigenvalue weighted by Crippen LogP contribution is -2.57. The summed E-state index contributed by atoms with van der Waals surface area (Å²) < 4.78 is 44.4. The summed E-state index contributed by atoms with van der Waals surface area (Å²) in [6.07, 6.45) is -4.51. The van der Waals surface area contributed by atoms with E-state index in [2.05, 4.69) is 15.9 Å². The molecule has 1 atom stereocenters. The molecule has 1 aromatic rings. The maximum atomic E-state index is 12.8. The van der Waals surface area contributed by atoms with Gasteiger partial charge in [-0.05, 0) is 24.6 Å². The molecule has 3 nitrogen and oxygen atoms in total. The van der Waals surface area contributed by atoms with E-state index >= 15 is 0 Å². The molecule has 0 spiro atoms. The van der Waals surface area contributed by atoms with Crippen molar-refractivity contribution < 1.29 is 22.7 Å². The van der Waals surface area contributed by atoms with Gasteiger partial charge in [-0.1, -0.05) is 15.9 Å². The van der Waals surface area contributed by atoms with Gasteiger partial charge in [0.25, 0.3) is 0 Å². The van der Waals surface area contributed by atoms with Crippen LogP contribution in [0, 0.1) is 0 Å². The topological polar surface area (TPSA) is 52.3 Å². The van der Waals surface area contributed by atoms with E-state index in [1.54, 1.807) is 6.07 Å². The summed E-state index contributed by atoms with van der Waals surface area (Å²) in [5, 5.41) is 0. The quantitative estimate of drug-likeness (QED) is 0.910. The number of carbonyl (C=O) groups is 1. The lowest BCUT2D eigenvalue weighted by atomic mass is 9.91. The van der Waals surface area contributed by atoms with Crippen LogP contribution in [-0.2, 0) is 17.6 Å². The van der Waals surface area contributed by atoms with E-state index in [9.17, 15) is 18.0 Å². The number of ether oxygens (including phenoxy) is 1. The number of rotatable bonds is 3. The lowest BCUT2D eigenvalue weighted by Gasteiger charge is -2.26. The Morgan fingerprint density at radius 2 is 2.10 bits per heavy atom. The Labute approximate surface area is 122 Å². The van der Waals surface area contributed by atoms with Crippen molar-refractivity contribution in [1.29, 1.82) is 0 Å². The standard InChI is InChI=1S/C13H13BrF3NO2/c1-12(18,13(15,16)17)10(19)6-8-5-9(14)4-7-2-3-20-11(7)8/h4-5H,2-3,6,18H2,1H3. The fourth-order valence-corrected chi connectivity index (χ4v) is 2.54. The molecule has 0 fully saturated rings. The molecule has 1 unspecified atom stereocenters. The molecule has 110 valence electrons. The van der Waals surface area contributed by atoms with Crippen LogP contribution in [0.5, 0.6) is 5.75 Å². The van der Waals surface area contributed by atoms with E-state index < -0.39 is 23.9 Å². The first-order valence-electron chi connectivity index (χ1n) is 5.96. The summed E-state index contributed by atoms with van der Waals surface area (Å²) >= 11 is 3.28. The molecule has 1 heterocycles. The molecule has 0 bridgehead atoms. The molecule has 1 aromatic carbocycles. The predicted octanol–water partition coefficient (Wildman–Crippen LogP) is 2.78. The molecular formula is C13H13BrF3NO2. The first kappa shape index (κ1) is 15.3. The molecule has 2 N–H and O–H groups in total. The van der Waals surface area contributed by atoms with Gasteiger partial charge in [-0.25, -0.2) is 0 Å². The second-order valence-corrected chi connectivity index (χ2v) is 5.87. The first-order valence-corrected chi connectivity index (χ1v) is 6.75. The number of halogens is 4. The fourth-order valence-electron chi connectivity index (χ4n) is 1.99. The average molecular weight is 352 g/mol. The SMILES string of the molecule is CC(N)(C(=O)Cc1cc(Br)cc2c1OCC2)C(F)(F)F. The van der Waals surface area contributed by atoms with Gasteiger partial charge < -0.3 is 10.5 Å². The molecule has 2 rings (SSSR count). The zero-order valence-corrected chi connectivity index (χ0v) is 12.3. The Kier molecular flexibility index (Phi) is 3.85. The van der Waals surface area contributed by atoms with E-state index in [4.69, 9.17) is 10.5 Å². The highest BCUT2D eigenvalue weighted by Gasteiger charge is 2.53. The molecule has 0 saturated carbocycles. The van der Waals surface area contributed by atoms with Crippen molar-refractivity contribution in [1.82, 2.24) is 0 Å². The minimum atomic E-state index is -4.78. The summed E-state index contributed by atoms with van der Waals surface area (Å²) in [7, 11) is 0. The summed E-state index contributed by atoms with van der Waals surface area (Å²) in [5.41, 5.74) is 3.59. The molecule has 0 aromatic heterocycles.